The minimum absolute atomic E-state index is 0.0397. The molecule has 0 saturated heterocycles. The molecule has 1 N–H and O–H groups in total. The van der Waals surface area contributed by atoms with Gasteiger partial charge in [-0.05, 0) is 43.7 Å². The molecule has 0 saturated carbocycles. The molecule has 2 aromatic rings. The van der Waals surface area contributed by atoms with E-state index in [4.69, 9.17) is 4.74 Å². The Morgan fingerprint density at radius 2 is 1.86 bits per heavy atom. The Bertz CT molecular complexity index is 665. The fourth-order valence-corrected chi connectivity index (χ4v) is 1.87. The number of hydrogen-bond donors (Lipinski definition) is 1. The molecule has 1 amide bonds. The Morgan fingerprint density at radius 3 is 2.57 bits per heavy atom. The largest absolute Gasteiger partial charge is 0.484 e. The SMILES string of the molecule is CC(=O)c1cccc(NC(=O)COc2cccc(C)c2)c1. The molecule has 0 spiro atoms. The lowest BCUT2D eigenvalue weighted by Crippen LogP contribution is -2.20. The lowest BCUT2D eigenvalue weighted by molar-refractivity contribution is -0.118. The van der Waals surface area contributed by atoms with Gasteiger partial charge >= 0.3 is 0 Å². The summed E-state index contributed by atoms with van der Waals surface area (Å²) >= 11 is 0. The number of ketones is 1. The number of ether oxygens (including phenoxy) is 1. The zero-order chi connectivity index (χ0) is 15.2. The van der Waals surface area contributed by atoms with Gasteiger partial charge in [-0.3, -0.25) is 9.59 Å². The maximum atomic E-state index is 11.8. The van der Waals surface area contributed by atoms with Gasteiger partial charge in [0.25, 0.3) is 5.91 Å². The molecule has 108 valence electrons. The molecule has 0 atom stereocenters. The number of Topliss-reactive ketones (excluding diaryl/α,β-unsaturated/α-hetero) is 1. The second-order valence-electron chi connectivity index (χ2n) is 4.79. The minimum Gasteiger partial charge on any atom is -0.484 e. The number of rotatable bonds is 5. The predicted molar refractivity (Wildman–Crippen MR) is 81.8 cm³/mol. The normalized spacial score (nSPS) is 10.0. The van der Waals surface area contributed by atoms with Crippen LogP contribution in [0.25, 0.3) is 0 Å². The Hall–Kier alpha value is -2.62. The van der Waals surface area contributed by atoms with Crippen LogP contribution in [0, 0.1) is 6.92 Å². The molecule has 0 aromatic heterocycles. The molecule has 0 heterocycles. The molecule has 0 unspecified atom stereocenters. The standard InChI is InChI=1S/C17H17NO3/c1-12-5-3-8-16(9-12)21-11-17(20)18-15-7-4-6-14(10-15)13(2)19/h3-10H,11H2,1-2H3,(H,18,20). The van der Waals surface area contributed by atoms with Crippen LogP contribution in [0.4, 0.5) is 5.69 Å². The van der Waals surface area contributed by atoms with Gasteiger partial charge < -0.3 is 10.1 Å². The average molecular weight is 283 g/mol. The molecule has 4 heteroatoms. The predicted octanol–water partition coefficient (Wildman–Crippen LogP) is 3.22. The van der Waals surface area contributed by atoms with Crippen molar-refractivity contribution in [3.05, 3.63) is 59.7 Å². The van der Waals surface area contributed by atoms with Crippen molar-refractivity contribution in [2.45, 2.75) is 13.8 Å². The van der Waals surface area contributed by atoms with Crippen LogP contribution in [0.5, 0.6) is 5.75 Å². The van der Waals surface area contributed by atoms with Gasteiger partial charge in [-0.25, -0.2) is 0 Å². The molecule has 4 nitrogen and oxygen atoms in total. The molecule has 2 aromatic carbocycles. The van der Waals surface area contributed by atoms with E-state index in [1.165, 1.54) is 6.92 Å². The van der Waals surface area contributed by atoms with Crippen LogP contribution in [-0.4, -0.2) is 18.3 Å². The van der Waals surface area contributed by atoms with Gasteiger partial charge in [0, 0.05) is 11.3 Å². The van der Waals surface area contributed by atoms with Gasteiger partial charge in [-0.15, -0.1) is 0 Å². The van der Waals surface area contributed by atoms with Crippen molar-refractivity contribution in [2.24, 2.45) is 0 Å². The maximum absolute atomic E-state index is 11.8. The van der Waals surface area contributed by atoms with E-state index < -0.39 is 0 Å². The minimum atomic E-state index is -0.266. The fourth-order valence-electron chi connectivity index (χ4n) is 1.87. The zero-order valence-corrected chi connectivity index (χ0v) is 12.1. The number of aryl methyl sites for hydroxylation is 1. The van der Waals surface area contributed by atoms with Crippen LogP contribution in [0.2, 0.25) is 0 Å². The van der Waals surface area contributed by atoms with Gasteiger partial charge in [0.1, 0.15) is 5.75 Å². The number of carbonyl (C=O) groups excluding carboxylic acids is 2. The van der Waals surface area contributed by atoms with Crippen LogP contribution >= 0.6 is 0 Å². The van der Waals surface area contributed by atoms with Crippen molar-refractivity contribution in [1.82, 2.24) is 0 Å². The second-order valence-corrected chi connectivity index (χ2v) is 4.79. The number of benzene rings is 2. The maximum Gasteiger partial charge on any atom is 0.262 e. The fraction of sp³-hybridized carbons (Fsp3) is 0.176. The molecule has 0 aliphatic heterocycles. The number of amides is 1. The third-order valence-corrected chi connectivity index (χ3v) is 2.91. The summed E-state index contributed by atoms with van der Waals surface area (Å²) in [5.41, 5.74) is 2.22. The van der Waals surface area contributed by atoms with E-state index in [2.05, 4.69) is 5.32 Å². The van der Waals surface area contributed by atoms with Gasteiger partial charge in [-0.1, -0.05) is 24.3 Å². The lowest BCUT2D eigenvalue weighted by atomic mass is 10.1. The lowest BCUT2D eigenvalue weighted by Gasteiger charge is -2.08. The zero-order valence-electron chi connectivity index (χ0n) is 12.1. The molecule has 0 aliphatic carbocycles. The third kappa shape index (κ3) is 4.45. The highest BCUT2D eigenvalue weighted by atomic mass is 16.5. The average Bonchev–Trinajstić information content (AvgIpc) is 2.45. The molecule has 0 fully saturated rings. The van der Waals surface area contributed by atoms with Crippen LogP contribution in [0.3, 0.4) is 0 Å². The van der Waals surface area contributed by atoms with E-state index in [0.29, 0.717) is 17.0 Å². The van der Waals surface area contributed by atoms with E-state index in [0.717, 1.165) is 5.56 Å². The van der Waals surface area contributed by atoms with Crippen LogP contribution in [0.15, 0.2) is 48.5 Å². The number of hydrogen-bond acceptors (Lipinski definition) is 3. The van der Waals surface area contributed by atoms with Crippen molar-refractivity contribution in [2.75, 3.05) is 11.9 Å². The summed E-state index contributed by atoms with van der Waals surface area (Å²) in [6.07, 6.45) is 0. The van der Waals surface area contributed by atoms with Gasteiger partial charge in [-0.2, -0.15) is 0 Å². The van der Waals surface area contributed by atoms with E-state index in [1.54, 1.807) is 30.3 Å². The van der Waals surface area contributed by atoms with E-state index in [1.807, 2.05) is 25.1 Å². The molecule has 0 bridgehead atoms. The summed E-state index contributed by atoms with van der Waals surface area (Å²) in [5.74, 6) is 0.349. The van der Waals surface area contributed by atoms with Crippen LogP contribution < -0.4 is 10.1 Å². The smallest absolute Gasteiger partial charge is 0.262 e. The first kappa shape index (κ1) is 14.8. The molecule has 0 aliphatic rings. The highest BCUT2D eigenvalue weighted by Gasteiger charge is 2.06. The van der Waals surface area contributed by atoms with Crippen LogP contribution in [0.1, 0.15) is 22.8 Å². The summed E-state index contributed by atoms with van der Waals surface area (Å²) in [5, 5.41) is 2.71. The summed E-state index contributed by atoms with van der Waals surface area (Å²) < 4.78 is 5.42. The Labute approximate surface area is 123 Å². The van der Waals surface area contributed by atoms with E-state index in [9.17, 15) is 9.59 Å². The molecular weight excluding hydrogens is 266 g/mol. The molecular formula is C17H17NO3. The van der Waals surface area contributed by atoms with E-state index in [-0.39, 0.29) is 18.3 Å². The summed E-state index contributed by atoms with van der Waals surface area (Å²) in [7, 11) is 0. The second kappa shape index (κ2) is 6.70. The number of anilines is 1. The number of carbonyl (C=O) groups is 2. The van der Waals surface area contributed by atoms with Crippen molar-refractivity contribution in [3.8, 4) is 5.75 Å². The van der Waals surface area contributed by atoms with Crippen molar-refractivity contribution >= 4 is 17.4 Å². The summed E-state index contributed by atoms with van der Waals surface area (Å²) in [6.45, 7) is 3.37. The highest BCUT2D eigenvalue weighted by Crippen LogP contribution is 2.13. The Balaban J connectivity index is 1.93. The van der Waals surface area contributed by atoms with Crippen molar-refractivity contribution in [1.29, 1.82) is 0 Å². The Morgan fingerprint density at radius 1 is 1.10 bits per heavy atom. The van der Waals surface area contributed by atoms with Gasteiger partial charge in [0.15, 0.2) is 12.4 Å². The topological polar surface area (TPSA) is 55.4 Å². The molecule has 2 rings (SSSR count). The van der Waals surface area contributed by atoms with E-state index >= 15 is 0 Å². The van der Waals surface area contributed by atoms with Crippen molar-refractivity contribution in [3.63, 3.8) is 0 Å². The quantitative estimate of drug-likeness (QED) is 0.857. The first-order valence-electron chi connectivity index (χ1n) is 6.65. The first-order chi connectivity index (χ1) is 10.0. The van der Waals surface area contributed by atoms with Gasteiger partial charge in [0.2, 0.25) is 0 Å². The van der Waals surface area contributed by atoms with Gasteiger partial charge in [0.05, 0.1) is 0 Å². The summed E-state index contributed by atoms with van der Waals surface area (Å²) in [6, 6.07) is 14.3. The molecule has 0 radical (unpaired) electrons. The molecule has 21 heavy (non-hydrogen) atoms. The van der Waals surface area contributed by atoms with Crippen molar-refractivity contribution < 1.29 is 14.3 Å². The number of nitrogens with one attached hydrogen (secondary N) is 1. The summed E-state index contributed by atoms with van der Waals surface area (Å²) in [4.78, 5) is 23.1. The highest BCUT2D eigenvalue weighted by molar-refractivity contribution is 5.97. The van der Waals surface area contributed by atoms with Crippen LogP contribution in [-0.2, 0) is 4.79 Å². The first-order valence-corrected chi connectivity index (χ1v) is 6.65. The third-order valence-electron chi connectivity index (χ3n) is 2.91. The Kier molecular flexibility index (Phi) is 4.72. The monoisotopic (exact) mass is 283 g/mol.